The Bertz CT molecular complexity index is 779. The predicted molar refractivity (Wildman–Crippen MR) is 122 cm³/mol. The third-order valence-electron chi connectivity index (χ3n) is 10.8. The molecule has 174 valence electrons. The first-order valence-corrected chi connectivity index (χ1v) is 13.3. The van der Waals surface area contributed by atoms with Crippen LogP contribution in [0.15, 0.2) is 0 Å². The molecule has 0 aliphatic heterocycles. The van der Waals surface area contributed by atoms with Gasteiger partial charge in [-0.1, -0.05) is 27.2 Å². The summed E-state index contributed by atoms with van der Waals surface area (Å²) >= 11 is 0. The molecule has 0 aromatic carbocycles. The summed E-state index contributed by atoms with van der Waals surface area (Å²) in [5, 5.41) is 23.3. The van der Waals surface area contributed by atoms with Crippen LogP contribution in [0.4, 0.5) is 0 Å². The molecular weight excluding hydrogens is 384 g/mol. The largest absolute Gasteiger partial charge is 0.390 e. The molecule has 4 fully saturated rings. The fourth-order valence-electron chi connectivity index (χ4n) is 9.45. The highest BCUT2D eigenvalue weighted by molar-refractivity contribution is 5.07. The maximum Gasteiger partial charge on any atom is 0.148 e. The molecule has 5 heteroatoms. The van der Waals surface area contributed by atoms with Crippen LogP contribution in [0.3, 0.4) is 0 Å². The number of hydrogen-bond donors (Lipinski definition) is 1. The van der Waals surface area contributed by atoms with Crippen molar-refractivity contribution >= 4 is 0 Å². The number of rotatable bonds is 5. The highest BCUT2D eigenvalue weighted by atomic mass is 16.3. The molecule has 1 aromatic heterocycles. The van der Waals surface area contributed by atoms with Gasteiger partial charge in [-0.05, 0) is 128 Å². The Kier molecular flexibility index (Phi) is 5.72. The van der Waals surface area contributed by atoms with E-state index in [2.05, 4.69) is 36.3 Å². The lowest BCUT2D eigenvalue weighted by molar-refractivity contribution is -0.110. The van der Waals surface area contributed by atoms with Gasteiger partial charge in [-0.15, -0.1) is 5.10 Å². The van der Waals surface area contributed by atoms with E-state index in [9.17, 15) is 5.11 Å². The molecule has 1 N–H and O–H groups in total. The summed E-state index contributed by atoms with van der Waals surface area (Å²) in [5.74, 6) is 6.81. The van der Waals surface area contributed by atoms with Crippen LogP contribution in [-0.4, -0.2) is 30.9 Å². The van der Waals surface area contributed by atoms with Gasteiger partial charge in [0, 0.05) is 6.54 Å². The topological polar surface area (TPSA) is 63.8 Å². The lowest BCUT2D eigenvalue weighted by Gasteiger charge is -2.57. The molecule has 0 radical (unpaired) electrons. The molecule has 0 saturated heterocycles. The highest BCUT2D eigenvalue weighted by Crippen LogP contribution is 2.65. The Balaban J connectivity index is 1.29. The van der Waals surface area contributed by atoms with Gasteiger partial charge < -0.3 is 5.11 Å². The van der Waals surface area contributed by atoms with E-state index >= 15 is 0 Å². The standard InChI is InChI=1S/C26H44N4O/c1-5-12-26(31)14-11-20-19(15-26)6-7-22-21(20)10-13-25(4)23(8-9-24(22)25)17(2)16-30-18(3)27-28-29-30/h17,19-24,31H,5-16H2,1-4H3/t17-,19-,20+,21-,22-,23-,24+,25-,26-/m1/s1. The molecule has 4 saturated carbocycles. The first-order valence-electron chi connectivity index (χ1n) is 13.3. The van der Waals surface area contributed by atoms with E-state index in [1.165, 1.54) is 44.9 Å². The Labute approximate surface area is 188 Å². The SMILES string of the molecule is CCC[C@@]1(O)CC[C@H]2[C@H](CC[C@@H]3[C@@H]2CC[C@]2(C)[C@@H]([C@H](C)Cn4nnnc4C)CC[C@@H]32)C1. The number of tetrazole rings is 1. The molecule has 4 aliphatic carbocycles. The van der Waals surface area contributed by atoms with E-state index in [4.69, 9.17) is 0 Å². The summed E-state index contributed by atoms with van der Waals surface area (Å²) in [6, 6.07) is 0. The van der Waals surface area contributed by atoms with Gasteiger partial charge in [0.25, 0.3) is 0 Å². The fraction of sp³-hybridized carbons (Fsp3) is 0.962. The second-order valence-corrected chi connectivity index (χ2v) is 12.3. The zero-order valence-electron chi connectivity index (χ0n) is 20.3. The van der Waals surface area contributed by atoms with Gasteiger partial charge in [-0.2, -0.15) is 0 Å². The van der Waals surface area contributed by atoms with Gasteiger partial charge >= 0.3 is 0 Å². The van der Waals surface area contributed by atoms with E-state index in [1.54, 1.807) is 0 Å². The van der Waals surface area contributed by atoms with Gasteiger partial charge in [0.1, 0.15) is 5.82 Å². The summed E-state index contributed by atoms with van der Waals surface area (Å²) in [5.41, 5.74) is 0.140. The minimum atomic E-state index is -0.353. The minimum Gasteiger partial charge on any atom is -0.390 e. The number of aryl methyl sites for hydroxylation is 1. The Morgan fingerprint density at radius 2 is 1.87 bits per heavy atom. The highest BCUT2D eigenvalue weighted by Gasteiger charge is 2.58. The molecule has 31 heavy (non-hydrogen) atoms. The molecule has 4 aliphatic rings. The predicted octanol–water partition coefficient (Wildman–Crippen LogP) is 5.42. The number of nitrogens with zero attached hydrogens (tertiary/aromatic N) is 4. The van der Waals surface area contributed by atoms with E-state index in [0.717, 1.165) is 73.6 Å². The van der Waals surface area contributed by atoms with Crippen LogP contribution in [0, 0.1) is 53.8 Å². The molecular formula is C26H44N4O. The quantitative estimate of drug-likeness (QED) is 0.680. The summed E-state index contributed by atoms with van der Waals surface area (Å²) in [6.45, 7) is 10.3. The van der Waals surface area contributed by atoms with Crippen molar-refractivity contribution in [1.82, 2.24) is 20.2 Å². The summed E-state index contributed by atoms with van der Waals surface area (Å²) in [7, 11) is 0. The third-order valence-corrected chi connectivity index (χ3v) is 10.8. The van der Waals surface area contributed by atoms with Crippen LogP contribution in [-0.2, 0) is 6.54 Å². The second-order valence-electron chi connectivity index (χ2n) is 12.3. The van der Waals surface area contributed by atoms with Crippen molar-refractivity contribution in [2.45, 2.75) is 110 Å². The van der Waals surface area contributed by atoms with Crippen LogP contribution in [0.25, 0.3) is 0 Å². The van der Waals surface area contributed by atoms with Crippen molar-refractivity contribution < 1.29 is 5.11 Å². The Morgan fingerprint density at radius 3 is 2.61 bits per heavy atom. The van der Waals surface area contributed by atoms with Gasteiger partial charge in [0.05, 0.1) is 5.60 Å². The summed E-state index contributed by atoms with van der Waals surface area (Å²) in [6.07, 6.45) is 14.0. The first kappa shape index (κ1) is 21.9. The Hall–Kier alpha value is -0.970. The molecule has 5 nitrogen and oxygen atoms in total. The van der Waals surface area contributed by atoms with Crippen molar-refractivity contribution in [3.05, 3.63) is 5.82 Å². The van der Waals surface area contributed by atoms with E-state index in [1.807, 2.05) is 11.6 Å². The lowest BCUT2D eigenvalue weighted by Crippen LogP contribution is -2.51. The Morgan fingerprint density at radius 1 is 1.06 bits per heavy atom. The molecule has 0 bridgehead atoms. The average Bonchev–Trinajstić information content (AvgIpc) is 3.30. The minimum absolute atomic E-state index is 0.353. The van der Waals surface area contributed by atoms with Crippen molar-refractivity contribution in [2.75, 3.05) is 0 Å². The molecule has 0 unspecified atom stereocenters. The molecule has 9 atom stereocenters. The van der Waals surface area contributed by atoms with Crippen molar-refractivity contribution in [2.24, 2.45) is 46.8 Å². The lowest BCUT2D eigenvalue weighted by atomic mass is 9.48. The van der Waals surface area contributed by atoms with E-state index in [-0.39, 0.29) is 5.60 Å². The zero-order chi connectivity index (χ0) is 21.8. The fourth-order valence-corrected chi connectivity index (χ4v) is 9.45. The molecule has 0 amide bonds. The van der Waals surface area contributed by atoms with Gasteiger partial charge in [0.15, 0.2) is 0 Å². The van der Waals surface area contributed by atoms with Gasteiger partial charge in [-0.3, -0.25) is 0 Å². The number of fused-ring (bicyclic) bond motifs is 5. The first-order chi connectivity index (χ1) is 14.8. The summed E-state index contributed by atoms with van der Waals surface area (Å²) in [4.78, 5) is 0. The van der Waals surface area contributed by atoms with Crippen LogP contribution >= 0.6 is 0 Å². The maximum absolute atomic E-state index is 11.1. The van der Waals surface area contributed by atoms with Gasteiger partial charge in [0.2, 0.25) is 0 Å². The van der Waals surface area contributed by atoms with E-state index < -0.39 is 0 Å². The average molecular weight is 429 g/mol. The van der Waals surface area contributed by atoms with E-state index in [0.29, 0.717) is 11.3 Å². The number of hydrogen-bond acceptors (Lipinski definition) is 4. The molecule has 5 rings (SSSR count). The smallest absolute Gasteiger partial charge is 0.148 e. The summed E-state index contributed by atoms with van der Waals surface area (Å²) < 4.78 is 2.01. The van der Waals surface area contributed by atoms with Crippen molar-refractivity contribution in [3.63, 3.8) is 0 Å². The van der Waals surface area contributed by atoms with Crippen LogP contribution in [0.2, 0.25) is 0 Å². The van der Waals surface area contributed by atoms with Crippen LogP contribution < -0.4 is 0 Å². The number of aromatic nitrogens is 4. The zero-order valence-corrected chi connectivity index (χ0v) is 20.3. The maximum atomic E-state index is 11.1. The number of aliphatic hydroxyl groups is 1. The second kappa shape index (κ2) is 8.11. The third kappa shape index (κ3) is 3.67. The monoisotopic (exact) mass is 428 g/mol. The normalized spacial score (nSPS) is 45.6. The van der Waals surface area contributed by atoms with Crippen LogP contribution in [0.5, 0.6) is 0 Å². The molecule has 0 spiro atoms. The van der Waals surface area contributed by atoms with Gasteiger partial charge in [-0.25, -0.2) is 4.68 Å². The molecule has 1 heterocycles. The van der Waals surface area contributed by atoms with Crippen molar-refractivity contribution in [1.29, 1.82) is 0 Å². The van der Waals surface area contributed by atoms with Crippen LogP contribution in [0.1, 0.15) is 97.2 Å². The van der Waals surface area contributed by atoms with Crippen molar-refractivity contribution in [3.8, 4) is 0 Å². The molecule has 1 aromatic rings.